The molecule has 0 spiro atoms. The lowest BCUT2D eigenvalue weighted by Gasteiger charge is -2.28. The van der Waals surface area contributed by atoms with Gasteiger partial charge in [-0.1, -0.05) is 6.07 Å². The molecule has 1 rings (SSSR count). The number of hydrogen-bond acceptors (Lipinski definition) is 5. The zero-order valence-corrected chi connectivity index (χ0v) is 12.4. The van der Waals surface area contributed by atoms with Crippen molar-refractivity contribution in [2.45, 2.75) is 45.8 Å². The standard InChI is InChI=1S/C14H20N2O4/c1-9-6-7-10(11(8-9)16(18)19)14(5,15)12(17)20-13(2,3)4/h6-8H,15H2,1-5H3/t14-/m0/s1. The molecule has 1 aromatic carbocycles. The fourth-order valence-corrected chi connectivity index (χ4v) is 1.73. The summed E-state index contributed by atoms with van der Waals surface area (Å²) in [5.41, 5.74) is 4.39. The van der Waals surface area contributed by atoms with Crippen LogP contribution in [0.1, 0.15) is 38.8 Å². The van der Waals surface area contributed by atoms with E-state index in [2.05, 4.69) is 0 Å². The number of carbonyl (C=O) groups excluding carboxylic acids is 1. The van der Waals surface area contributed by atoms with E-state index in [1.807, 2.05) is 0 Å². The highest BCUT2D eigenvalue weighted by molar-refractivity contribution is 5.83. The Labute approximate surface area is 118 Å². The van der Waals surface area contributed by atoms with Crippen LogP contribution in [0, 0.1) is 17.0 Å². The number of nitrogens with zero attached hydrogens (tertiary/aromatic N) is 1. The van der Waals surface area contributed by atoms with Crippen LogP contribution in [-0.2, 0) is 15.1 Å². The number of hydrogen-bond donors (Lipinski definition) is 1. The van der Waals surface area contributed by atoms with Crippen molar-refractivity contribution in [2.75, 3.05) is 0 Å². The first-order valence-electron chi connectivity index (χ1n) is 6.23. The molecular weight excluding hydrogens is 260 g/mol. The second-order valence-corrected chi connectivity index (χ2v) is 5.98. The lowest BCUT2D eigenvalue weighted by molar-refractivity contribution is -0.386. The van der Waals surface area contributed by atoms with Crippen LogP contribution in [0.25, 0.3) is 0 Å². The Kier molecular flexibility index (Phi) is 4.19. The molecule has 6 heteroatoms. The monoisotopic (exact) mass is 280 g/mol. The molecule has 20 heavy (non-hydrogen) atoms. The van der Waals surface area contributed by atoms with Gasteiger partial charge in [0.1, 0.15) is 11.1 Å². The molecule has 0 unspecified atom stereocenters. The molecule has 0 radical (unpaired) electrons. The maximum Gasteiger partial charge on any atom is 0.331 e. The summed E-state index contributed by atoms with van der Waals surface area (Å²) in [6.07, 6.45) is 0. The second kappa shape index (κ2) is 5.20. The van der Waals surface area contributed by atoms with Crippen molar-refractivity contribution in [3.8, 4) is 0 Å². The molecule has 2 N–H and O–H groups in total. The molecule has 6 nitrogen and oxygen atoms in total. The molecule has 0 amide bonds. The lowest BCUT2D eigenvalue weighted by atomic mass is 9.90. The molecular formula is C14H20N2O4. The molecule has 110 valence electrons. The average molecular weight is 280 g/mol. The minimum Gasteiger partial charge on any atom is -0.458 e. The van der Waals surface area contributed by atoms with Gasteiger partial charge in [-0.25, -0.2) is 4.79 Å². The van der Waals surface area contributed by atoms with Crippen LogP contribution < -0.4 is 5.73 Å². The topological polar surface area (TPSA) is 95.5 Å². The smallest absolute Gasteiger partial charge is 0.331 e. The highest BCUT2D eigenvalue weighted by atomic mass is 16.6. The highest BCUT2D eigenvalue weighted by Crippen LogP contribution is 2.31. The van der Waals surface area contributed by atoms with Gasteiger partial charge in [0.2, 0.25) is 0 Å². The van der Waals surface area contributed by atoms with Gasteiger partial charge in [-0.2, -0.15) is 0 Å². The van der Waals surface area contributed by atoms with Gasteiger partial charge in [-0.3, -0.25) is 10.1 Å². The van der Waals surface area contributed by atoms with Crippen LogP contribution >= 0.6 is 0 Å². The summed E-state index contributed by atoms with van der Waals surface area (Å²) in [5.74, 6) is -0.697. The van der Waals surface area contributed by atoms with Crippen molar-refractivity contribution in [1.29, 1.82) is 0 Å². The molecule has 0 saturated heterocycles. The Morgan fingerprint density at radius 3 is 2.30 bits per heavy atom. The molecule has 0 aliphatic rings. The van der Waals surface area contributed by atoms with Crippen LogP contribution in [0.5, 0.6) is 0 Å². The SMILES string of the molecule is Cc1ccc([C@](C)(N)C(=O)OC(C)(C)C)c([N+](=O)[O-])c1. The van der Waals surface area contributed by atoms with Gasteiger partial charge in [0, 0.05) is 6.07 Å². The van der Waals surface area contributed by atoms with Crippen molar-refractivity contribution in [1.82, 2.24) is 0 Å². The molecule has 0 aromatic heterocycles. The van der Waals surface area contributed by atoms with Crippen molar-refractivity contribution in [2.24, 2.45) is 5.73 Å². The van der Waals surface area contributed by atoms with Crippen molar-refractivity contribution < 1.29 is 14.5 Å². The molecule has 0 heterocycles. The number of carbonyl (C=O) groups is 1. The molecule has 0 saturated carbocycles. The largest absolute Gasteiger partial charge is 0.458 e. The lowest BCUT2D eigenvalue weighted by Crippen LogP contribution is -2.46. The number of benzene rings is 1. The summed E-state index contributed by atoms with van der Waals surface area (Å²) in [6, 6.07) is 4.57. The summed E-state index contributed by atoms with van der Waals surface area (Å²) >= 11 is 0. The summed E-state index contributed by atoms with van der Waals surface area (Å²) in [7, 11) is 0. The van der Waals surface area contributed by atoms with Gasteiger partial charge >= 0.3 is 5.97 Å². The van der Waals surface area contributed by atoms with E-state index in [1.165, 1.54) is 19.1 Å². The van der Waals surface area contributed by atoms with Gasteiger partial charge in [0.15, 0.2) is 0 Å². The van der Waals surface area contributed by atoms with Gasteiger partial charge in [0.05, 0.1) is 10.5 Å². The number of rotatable bonds is 3. The molecule has 0 bridgehead atoms. The molecule has 1 aromatic rings. The first-order chi connectivity index (χ1) is 8.95. The Hall–Kier alpha value is -1.95. The zero-order chi connectivity index (χ0) is 15.7. The van der Waals surface area contributed by atoms with Crippen molar-refractivity contribution in [3.05, 3.63) is 39.4 Å². The molecule has 1 atom stereocenters. The number of ether oxygens (including phenoxy) is 1. The normalized spacial score (nSPS) is 14.5. The fourth-order valence-electron chi connectivity index (χ4n) is 1.73. The van der Waals surface area contributed by atoms with E-state index in [-0.39, 0.29) is 11.3 Å². The number of nitro benzene ring substituents is 1. The maximum atomic E-state index is 12.2. The van der Waals surface area contributed by atoms with E-state index < -0.39 is 22.0 Å². The highest BCUT2D eigenvalue weighted by Gasteiger charge is 2.39. The molecule has 0 aliphatic heterocycles. The summed E-state index contributed by atoms with van der Waals surface area (Å²) < 4.78 is 5.24. The average Bonchev–Trinajstić information content (AvgIpc) is 2.25. The minimum atomic E-state index is -1.58. The van der Waals surface area contributed by atoms with E-state index in [0.29, 0.717) is 0 Å². The summed E-state index contributed by atoms with van der Waals surface area (Å²) in [4.78, 5) is 22.8. The van der Waals surface area contributed by atoms with Crippen LogP contribution in [0.4, 0.5) is 5.69 Å². The third kappa shape index (κ3) is 3.54. The minimum absolute atomic E-state index is 0.141. The Morgan fingerprint density at radius 2 is 1.85 bits per heavy atom. The van der Waals surface area contributed by atoms with E-state index in [1.54, 1.807) is 33.8 Å². The predicted octanol–water partition coefficient (Wildman–Crippen LogP) is 2.42. The van der Waals surface area contributed by atoms with Crippen molar-refractivity contribution >= 4 is 11.7 Å². The van der Waals surface area contributed by atoms with Crippen LogP contribution in [-0.4, -0.2) is 16.5 Å². The Bertz CT molecular complexity index is 545. The first-order valence-corrected chi connectivity index (χ1v) is 6.23. The number of esters is 1. The van der Waals surface area contributed by atoms with Crippen molar-refractivity contribution in [3.63, 3.8) is 0 Å². The van der Waals surface area contributed by atoms with E-state index in [9.17, 15) is 14.9 Å². The quantitative estimate of drug-likeness (QED) is 0.521. The Balaban J connectivity index is 3.28. The predicted molar refractivity (Wildman–Crippen MR) is 75.2 cm³/mol. The molecule has 0 aliphatic carbocycles. The van der Waals surface area contributed by atoms with E-state index in [0.717, 1.165) is 5.56 Å². The fraction of sp³-hybridized carbons (Fsp3) is 0.500. The van der Waals surface area contributed by atoms with Gasteiger partial charge in [-0.05, 0) is 46.2 Å². The number of aryl methyl sites for hydroxylation is 1. The van der Waals surface area contributed by atoms with Crippen LogP contribution in [0.2, 0.25) is 0 Å². The number of nitrogens with two attached hydrogens (primary N) is 1. The van der Waals surface area contributed by atoms with Crippen LogP contribution in [0.3, 0.4) is 0 Å². The van der Waals surface area contributed by atoms with Gasteiger partial charge < -0.3 is 10.5 Å². The van der Waals surface area contributed by atoms with E-state index >= 15 is 0 Å². The maximum absolute atomic E-state index is 12.2. The zero-order valence-electron chi connectivity index (χ0n) is 12.4. The van der Waals surface area contributed by atoms with E-state index in [4.69, 9.17) is 10.5 Å². The first kappa shape index (κ1) is 16.1. The van der Waals surface area contributed by atoms with Gasteiger partial charge in [-0.15, -0.1) is 0 Å². The summed E-state index contributed by atoms with van der Waals surface area (Å²) in [5, 5.41) is 11.1. The van der Waals surface area contributed by atoms with Crippen LogP contribution in [0.15, 0.2) is 18.2 Å². The third-order valence-electron chi connectivity index (χ3n) is 2.73. The summed E-state index contributed by atoms with van der Waals surface area (Å²) in [6.45, 7) is 8.29. The second-order valence-electron chi connectivity index (χ2n) is 5.98. The Morgan fingerprint density at radius 1 is 1.30 bits per heavy atom. The van der Waals surface area contributed by atoms with Gasteiger partial charge in [0.25, 0.3) is 5.69 Å². The third-order valence-corrected chi connectivity index (χ3v) is 2.73. The number of nitro groups is 1. The molecule has 0 fully saturated rings.